The number of carboxylic acids is 1. The van der Waals surface area contributed by atoms with Gasteiger partial charge < -0.3 is 48.6 Å². The van der Waals surface area contributed by atoms with Crippen LogP contribution in [0.5, 0.6) is 0 Å². The van der Waals surface area contributed by atoms with Gasteiger partial charge in [-0.05, 0) is 32.1 Å². The van der Waals surface area contributed by atoms with Crippen LogP contribution in [-0.4, -0.2) is 92.8 Å². The first-order valence-electron chi connectivity index (χ1n) is 12.2. The number of imidazole rings is 1. The number of aliphatic carboxylic acids is 1. The largest absolute Gasteiger partial charge is 0.480 e. The molecule has 1 fully saturated rings. The second-order valence-corrected chi connectivity index (χ2v) is 8.99. The number of nitrogens with one attached hydrogen (secondary N) is 3. The van der Waals surface area contributed by atoms with E-state index in [1.165, 1.54) is 11.2 Å². The molecule has 1 aliphatic heterocycles. The van der Waals surface area contributed by atoms with Crippen molar-refractivity contribution in [3.63, 3.8) is 0 Å². The standard InChI is InChI=1S/C22H36N10O6/c23-13(9-12-10-27-11-29-12)20(36)32-8-2-4-16(32)19(35)30-14(5-6-17(24)33)18(34)31-15(21(37)38)3-1-7-28-22(25)26/h10-11,13-16H,1-9,23H2,(H2,24,33)(H,27,29)(H,30,35)(H,31,34)(H,37,38)(H4,25,26,28). The van der Waals surface area contributed by atoms with E-state index in [0.29, 0.717) is 25.1 Å². The number of likely N-dealkylation sites (tertiary alicyclic amines) is 1. The van der Waals surface area contributed by atoms with Gasteiger partial charge in [-0.1, -0.05) is 0 Å². The third-order valence-electron chi connectivity index (χ3n) is 6.02. The highest BCUT2D eigenvalue weighted by molar-refractivity contribution is 5.94. The number of carbonyl (C=O) groups excluding carboxylic acids is 4. The summed E-state index contributed by atoms with van der Waals surface area (Å²) in [6, 6.07) is -4.33. The second-order valence-electron chi connectivity index (χ2n) is 8.99. The van der Waals surface area contributed by atoms with Gasteiger partial charge in [-0.25, -0.2) is 9.78 Å². The number of hydrogen-bond acceptors (Lipinski definition) is 8. The number of primary amides is 1. The van der Waals surface area contributed by atoms with Crippen LogP contribution in [0.2, 0.25) is 0 Å². The van der Waals surface area contributed by atoms with E-state index in [9.17, 15) is 29.1 Å². The molecule has 4 amide bonds. The Morgan fingerprint density at radius 2 is 1.89 bits per heavy atom. The van der Waals surface area contributed by atoms with E-state index in [-0.39, 0.29) is 44.6 Å². The molecule has 2 rings (SSSR count). The maximum Gasteiger partial charge on any atom is 0.326 e. The molecular weight excluding hydrogens is 500 g/mol. The fourth-order valence-corrected chi connectivity index (χ4v) is 4.09. The van der Waals surface area contributed by atoms with Crippen LogP contribution in [-0.2, 0) is 30.4 Å². The van der Waals surface area contributed by atoms with E-state index >= 15 is 0 Å². The number of aromatic nitrogens is 2. The van der Waals surface area contributed by atoms with Crippen molar-refractivity contribution in [2.45, 2.75) is 69.1 Å². The van der Waals surface area contributed by atoms with Gasteiger partial charge in [0.15, 0.2) is 5.96 Å². The van der Waals surface area contributed by atoms with E-state index in [0.717, 1.165) is 0 Å². The SMILES string of the molecule is NC(=O)CCC(NC(=O)C1CCCN1C(=O)C(N)Cc1cnc[nH]1)C(=O)NC(CCCN=C(N)N)C(=O)O. The van der Waals surface area contributed by atoms with Crippen LogP contribution in [0, 0.1) is 0 Å². The molecule has 4 unspecified atom stereocenters. The van der Waals surface area contributed by atoms with Gasteiger partial charge in [0.2, 0.25) is 23.6 Å². The molecule has 0 spiro atoms. The Hall–Kier alpha value is -4.21. The molecular formula is C22H36N10O6. The zero-order chi connectivity index (χ0) is 28.2. The zero-order valence-corrected chi connectivity index (χ0v) is 21.0. The lowest BCUT2D eigenvalue weighted by Gasteiger charge is -2.28. The van der Waals surface area contributed by atoms with Crippen molar-refractivity contribution in [3.8, 4) is 0 Å². The molecule has 1 aromatic rings. The Morgan fingerprint density at radius 3 is 2.50 bits per heavy atom. The summed E-state index contributed by atoms with van der Waals surface area (Å²) in [7, 11) is 0. The van der Waals surface area contributed by atoms with Gasteiger partial charge in [-0.3, -0.25) is 24.2 Å². The summed E-state index contributed by atoms with van der Waals surface area (Å²) in [5.74, 6) is -3.98. The molecule has 2 heterocycles. The number of rotatable bonds is 15. The number of aliphatic imine (C=N–C) groups is 1. The normalized spacial score (nSPS) is 17.2. The van der Waals surface area contributed by atoms with Crippen molar-refractivity contribution < 1.29 is 29.1 Å². The topological polar surface area (TPSA) is 278 Å². The van der Waals surface area contributed by atoms with Crippen molar-refractivity contribution in [1.29, 1.82) is 0 Å². The van der Waals surface area contributed by atoms with Crippen LogP contribution >= 0.6 is 0 Å². The smallest absolute Gasteiger partial charge is 0.326 e. The molecule has 16 nitrogen and oxygen atoms in total. The zero-order valence-electron chi connectivity index (χ0n) is 21.0. The highest BCUT2D eigenvalue weighted by atomic mass is 16.4. The number of carboxylic acid groups (broad SMARTS) is 1. The van der Waals surface area contributed by atoms with E-state index < -0.39 is 53.8 Å². The molecule has 0 bridgehead atoms. The number of nitrogens with two attached hydrogens (primary N) is 4. The third kappa shape index (κ3) is 9.34. The summed E-state index contributed by atoms with van der Waals surface area (Å²) in [6.07, 6.45) is 4.02. The predicted octanol–water partition coefficient (Wildman–Crippen LogP) is -3.36. The first-order chi connectivity index (χ1) is 18.0. The molecule has 16 heteroatoms. The van der Waals surface area contributed by atoms with Crippen LogP contribution in [0.3, 0.4) is 0 Å². The van der Waals surface area contributed by atoms with Gasteiger partial charge in [-0.15, -0.1) is 0 Å². The fourth-order valence-electron chi connectivity index (χ4n) is 4.09. The van der Waals surface area contributed by atoms with Crippen molar-refractivity contribution in [3.05, 3.63) is 18.2 Å². The predicted molar refractivity (Wildman–Crippen MR) is 135 cm³/mol. The summed E-state index contributed by atoms with van der Waals surface area (Å²) >= 11 is 0. The van der Waals surface area contributed by atoms with E-state index in [1.807, 2.05) is 0 Å². The Kier molecular flexibility index (Phi) is 11.5. The van der Waals surface area contributed by atoms with Crippen molar-refractivity contribution >= 4 is 35.6 Å². The summed E-state index contributed by atoms with van der Waals surface area (Å²) in [5.41, 5.74) is 22.4. The summed E-state index contributed by atoms with van der Waals surface area (Å²) in [6.45, 7) is 0.473. The molecule has 0 aliphatic carbocycles. The number of amides is 4. The lowest BCUT2D eigenvalue weighted by atomic mass is 10.1. The first-order valence-corrected chi connectivity index (χ1v) is 12.2. The summed E-state index contributed by atoms with van der Waals surface area (Å²) in [4.78, 5) is 74.0. The number of nitrogens with zero attached hydrogens (tertiary/aromatic N) is 3. The van der Waals surface area contributed by atoms with Crippen LogP contribution in [0.15, 0.2) is 17.5 Å². The molecule has 210 valence electrons. The molecule has 1 aromatic heterocycles. The van der Waals surface area contributed by atoms with Crippen molar-refractivity contribution in [2.24, 2.45) is 27.9 Å². The minimum absolute atomic E-state index is 0.0213. The number of guanidine groups is 1. The molecule has 1 saturated heterocycles. The van der Waals surface area contributed by atoms with Gasteiger partial charge in [0, 0.05) is 37.8 Å². The maximum atomic E-state index is 13.1. The number of H-pyrrole nitrogens is 1. The first kappa shape index (κ1) is 30.0. The average Bonchev–Trinajstić information content (AvgIpc) is 3.54. The van der Waals surface area contributed by atoms with Gasteiger partial charge in [0.25, 0.3) is 0 Å². The third-order valence-corrected chi connectivity index (χ3v) is 6.02. The fraction of sp³-hybridized carbons (Fsp3) is 0.591. The second kappa shape index (κ2) is 14.5. The Bertz CT molecular complexity index is 1010. The van der Waals surface area contributed by atoms with Crippen LogP contribution < -0.4 is 33.6 Å². The van der Waals surface area contributed by atoms with Gasteiger partial charge in [0.05, 0.1) is 12.4 Å². The molecule has 1 aliphatic rings. The number of aromatic amines is 1. The number of carbonyl (C=O) groups is 5. The van der Waals surface area contributed by atoms with E-state index in [4.69, 9.17) is 22.9 Å². The minimum atomic E-state index is -1.29. The highest BCUT2D eigenvalue weighted by Gasteiger charge is 2.38. The van der Waals surface area contributed by atoms with Gasteiger partial charge >= 0.3 is 5.97 Å². The molecule has 0 saturated carbocycles. The van der Waals surface area contributed by atoms with Crippen LogP contribution in [0.4, 0.5) is 0 Å². The molecule has 38 heavy (non-hydrogen) atoms. The summed E-state index contributed by atoms with van der Waals surface area (Å²) < 4.78 is 0. The minimum Gasteiger partial charge on any atom is -0.480 e. The lowest BCUT2D eigenvalue weighted by molar-refractivity contribution is -0.143. The molecule has 4 atom stereocenters. The Morgan fingerprint density at radius 1 is 1.16 bits per heavy atom. The van der Waals surface area contributed by atoms with Crippen molar-refractivity contribution in [2.75, 3.05) is 13.1 Å². The highest BCUT2D eigenvalue weighted by Crippen LogP contribution is 2.19. The van der Waals surface area contributed by atoms with E-state index in [2.05, 4.69) is 25.6 Å². The van der Waals surface area contributed by atoms with Crippen LogP contribution in [0.25, 0.3) is 0 Å². The quantitative estimate of drug-likeness (QED) is 0.0626. The average molecular weight is 537 g/mol. The maximum absolute atomic E-state index is 13.1. The van der Waals surface area contributed by atoms with Crippen LogP contribution in [0.1, 0.15) is 44.2 Å². The molecule has 12 N–H and O–H groups in total. The van der Waals surface area contributed by atoms with Gasteiger partial charge in [0.1, 0.15) is 18.1 Å². The molecule has 0 aromatic carbocycles. The van der Waals surface area contributed by atoms with Gasteiger partial charge in [-0.2, -0.15) is 0 Å². The molecule has 0 radical (unpaired) electrons. The Balaban J connectivity index is 2.06. The monoisotopic (exact) mass is 536 g/mol. The number of hydrogen-bond donors (Lipinski definition) is 8. The lowest BCUT2D eigenvalue weighted by Crippen LogP contribution is -2.57. The Labute approximate surface area is 219 Å². The summed E-state index contributed by atoms with van der Waals surface area (Å²) in [5, 5.41) is 14.4. The van der Waals surface area contributed by atoms with Crippen molar-refractivity contribution in [1.82, 2.24) is 25.5 Å². The van der Waals surface area contributed by atoms with E-state index in [1.54, 1.807) is 6.20 Å².